The molecule has 0 aliphatic heterocycles. The SMILES string of the molecule is Cc1ccc(NC(=O)Cc2nc(COC(=O)c3csc(-c4ccsc4)n3)cs2)cc1. The molecule has 1 amide bonds. The Labute approximate surface area is 185 Å². The molecule has 0 bridgehead atoms. The van der Waals surface area contributed by atoms with Gasteiger partial charge in [0, 0.05) is 27.4 Å². The van der Waals surface area contributed by atoms with Crippen LogP contribution in [-0.4, -0.2) is 21.8 Å². The van der Waals surface area contributed by atoms with Gasteiger partial charge in [0.05, 0.1) is 12.1 Å². The van der Waals surface area contributed by atoms with Gasteiger partial charge in [-0.25, -0.2) is 14.8 Å². The zero-order valence-electron chi connectivity index (χ0n) is 16.0. The van der Waals surface area contributed by atoms with Crippen molar-refractivity contribution in [3.05, 3.63) is 73.8 Å². The molecule has 4 rings (SSSR count). The largest absolute Gasteiger partial charge is 0.454 e. The van der Waals surface area contributed by atoms with Crippen molar-refractivity contribution < 1.29 is 14.3 Å². The van der Waals surface area contributed by atoms with E-state index in [2.05, 4.69) is 15.3 Å². The van der Waals surface area contributed by atoms with E-state index < -0.39 is 5.97 Å². The third-order valence-electron chi connectivity index (χ3n) is 4.08. The van der Waals surface area contributed by atoms with Gasteiger partial charge in [0.2, 0.25) is 5.91 Å². The van der Waals surface area contributed by atoms with Crippen molar-refractivity contribution >= 4 is 51.6 Å². The molecule has 0 radical (unpaired) electrons. The van der Waals surface area contributed by atoms with Gasteiger partial charge < -0.3 is 10.1 Å². The summed E-state index contributed by atoms with van der Waals surface area (Å²) in [7, 11) is 0. The Morgan fingerprint density at radius 3 is 2.63 bits per heavy atom. The van der Waals surface area contributed by atoms with Crippen LogP contribution in [0.2, 0.25) is 0 Å². The fourth-order valence-corrected chi connectivity index (χ4v) is 4.85. The molecule has 0 saturated heterocycles. The minimum absolute atomic E-state index is 0.0419. The van der Waals surface area contributed by atoms with Gasteiger partial charge in [0.15, 0.2) is 5.69 Å². The van der Waals surface area contributed by atoms with E-state index >= 15 is 0 Å². The van der Waals surface area contributed by atoms with Crippen LogP contribution in [0, 0.1) is 6.92 Å². The molecule has 3 heterocycles. The number of anilines is 1. The van der Waals surface area contributed by atoms with E-state index in [4.69, 9.17) is 4.74 Å². The molecular formula is C21H17N3O3S3. The van der Waals surface area contributed by atoms with Crippen LogP contribution in [0.5, 0.6) is 0 Å². The van der Waals surface area contributed by atoms with E-state index in [1.807, 2.05) is 48.0 Å². The number of hydrogen-bond donors (Lipinski definition) is 1. The lowest BCUT2D eigenvalue weighted by molar-refractivity contribution is -0.115. The standard InChI is InChI=1S/C21H17N3O3S3/c1-13-2-4-15(5-3-13)22-18(25)8-19-23-16(11-29-19)9-27-21(26)17-12-30-20(24-17)14-6-7-28-10-14/h2-7,10-12H,8-9H2,1H3,(H,22,25). The van der Waals surface area contributed by atoms with Crippen molar-refractivity contribution in [3.63, 3.8) is 0 Å². The van der Waals surface area contributed by atoms with Crippen LogP contribution in [0.1, 0.15) is 26.8 Å². The Balaban J connectivity index is 1.28. The molecule has 1 N–H and O–H groups in total. The van der Waals surface area contributed by atoms with Crippen LogP contribution in [-0.2, 0) is 22.6 Å². The summed E-state index contributed by atoms with van der Waals surface area (Å²) < 4.78 is 5.32. The summed E-state index contributed by atoms with van der Waals surface area (Å²) in [5, 5.41) is 11.7. The van der Waals surface area contributed by atoms with E-state index in [0.717, 1.165) is 21.8 Å². The number of benzene rings is 1. The van der Waals surface area contributed by atoms with Crippen LogP contribution in [0.25, 0.3) is 10.6 Å². The number of ether oxygens (including phenoxy) is 1. The van der Waals surface area contributed by atoms with Crippen LogP contribution in [0.3, 0.4) is 0 Å². The molecule has 0 aliphatic rings. The van der Waals surface area contributed by atoms with Crippen molar-refractivity contribution in [1.82, 2.24) is 9.97 Å². The van der Waals surface area contributed by atoms with Gasteiger partial charge in [-0.2, -0.15) is 11.3 Å². The van der Waals surface area contributed by atoms with Gasteiger partial charge in [-0.1, -0.05) is 17.7 Å². The molecule has 1 aromatic carbocycles. The number of thiophene rings is 1. The second kappa shape index (κ2) is 9.29. The Hall–Kier alpha value is -2.88. The van der Waals surface area contributed by atoms with Gasteiger partial charge in [0.1, 0.15) is 16.6 Å². The van der Waals surface area contributed by atoms with Crippen LogP contribution >= 0.6 is 34.0 Å². The number of nitrogens with one attached hydrogen (secondary N) is 1. The molecule has 0 unspecified atom stereocenters. The number of esters is 1. The van der Waals surface area contributed by atoms with E-state index in [0.29, 0.717) is 10.7 Å². The summed E-state index contributed by atoms with van der Waals surface area (Å²) in [4.78, 5) is 33.2. The number of amides is 1. The van der Waals surface area contributed by atoms with Gasteiger partial charge in [-0.15, -0.1) is 22.7 Å². The highest BCUT2D eigenvalue weighted by Crippen LogP contribution is 2.26. The van der Waals surface area contributed by atoms with Crippen molar-refractivity contribution in [2.75, 3.05) is 5.32 Å². The average Bonchev–Trinajstić information content (AvgIpc) is 3.49. The molecule has 30 heavy (non-hydrogen) atoms. The molecular weight excluding hydrogens is 438 g/mol. The number of thiazole rings is 2. The fourth-order valence-electron chi connectivity index (χ4n) is 2.58. The van der Waals surface area contributed by atoms with E-state index in [-0.39, 0.29) is 24.6 Å². The predicted octanol–water partition coefficient (Wildman–Crippen LogP) is 5.17. The molecule has 0 saturated carbocycles. The smallest absolute Gasteiger partial charge is 0.358 e. The molecule has 4 aromatic rings. The van der Waals surface area contributed by atoms with Crippen LogP contribution in [0.15, 0.2) is 51.9 Å². The zero-order chi connectivity index (χ0) is 20.9. The number of rotatable bonds is 7. The number of hydrogen-bond acceptors (Lipinski definition) is 8. The maximum Gasteiger partial charge on any atom is 0.358 e. The van der Waals surface area contributed by atoms with Crippen LogP contribution in [0.4, 0.5) is 5.69 Å². The zero-order valence-corrected chi connectivity index (χ0v) is 18.4. The monoisotopic (exact) mass is 455 g/mol. The highest BCUT2D eigenvalue weighted by atomic mass is 32.1. The average molecular weight is 456 g/mol. The highest BCUT2D eigenvalue weighted by Gasteiger charge is 2.15. The Kier molecular flexibility index (Phi) is 6.32. The number of aromatic nitrogens is 2. The molecule has 0 fully saturated rings. The third kappa shape index (κ3) is 5.18. The normalized spacial score (nSPS) is 10.7. The molecule has 0 aliphatic carbocycles. The first-order valence-electron chi connectivity index (χ1n) is 9.02. The Bertz CT molecular complexity index is 1150. The second-order valence-corrected chi connectivity index (χ2v) is 9.03. The van der Waals surface area contributed by atoms with Crippen molar-refractivity contribution in [1.29, 1.82) is 0 Å². The van der Waals surface area contributed by atoms with Crippen molar-refractivity contribution in [2.24, 2.45) is 0 Å². The van der Waals surface area contributed by atoms with E-state index in [9.17, 15) is 9.59 Å². The Morgan fingerprint density at radius 1 is 1.03 bits per heavy atom. The van der Waals surface area contributed by atoms with E-state index in [1.165, 1.54) is 22.7 Å². The Morgan fingerprint density at radius 2 is 1.87 bits per heavy atom. The number of nitrogens with zero attached hydrogens (tertiary/aromatic N) is 2. The second-order valence-electron chi connectivity index (χ2n) is 6.45. The summed E-state index contributed by atoms with van der Waals surface area (Å²) in [5.74, 6) is -0.625. The minimum Gasteiger partial charge on any atom is -0.454 e. The number of carbonyl (C=O) groups excluding carboxylic acids is 2. The maximum absolute atomic E-state index is 12.2. The topological polar surface area (TPSA) is 81.2 Å². The molecule has 0 atom stereocenters. The summed E-state index contributed by atoms with van der Waals surface area (Å²) in [5.41, 5.74) is 3.78. The molecule has 9 heteroatoms. The number of carbonyl (C=O) groups is 2. The quantitative estimate of drug-likeness (QED) is 0.389. The predicted molar refractivity (Wildman–Crippen MR) is 120 cm³/mol. The van der Waals surface area contributed by atoms with Crippen LogP contribution < -0.4 is 5.32 Å². The lowest BCUT2D eigenvalue weighted by Crippen LogP contribution is -2.14. The number of aryl methyl sites for hydroxylation is 1. The molecule has 0 spiro atoms. The molecule has 6 nitrogen and oxygen atoms in total. The van der Waals surface area contributed by atoms with E-state index in [1.54, 1.807) is 22.1 Å². The van der Waals surface area contributed by atoms with Gasteiger partial charge >= 0.3 is 5.97 Å². The van der Waals surface area contributed by atoms with Gasteiger partial charge in [-0.3, -0.25) is 4.79 Å². The van der Waals surface area contributed by atoms with Crippen molar-refractivity contribution in [3.8, 4) is 10.6 Å². The fraction of sp³-hybridized carbons (Fsp3) is 0.143. The lowest BCUT2D eigenvalue weighted by atomic mass is 10.2. The third-order valence-corrected chi connectivity index (χ3v) is 6.55. The first-order chi connectivity index (χ1) is 14.6. The highest BCUT2D eigenvalue weighted by molar-refractivity contribution is 7.14. The summed E-state index contributed by atoms with van der Waals surface area (Å²) in [6, 6.07) is 9.57. The minimum atomic E-state index is -0.487. The first kappa shape index (κ1) is 20.4. The summed E-state index contributed by atoms with van der Waals surface area (Å²) >= 11 is 4.35. The molecule has 152 valence electrons. The van der Waals surface area contributed by atoms with Gasteiger partial charge in [-0.05, 0) is 30.5 Å². The summed E-state index contributed by atoms with van der Waals surface area (Å²) in [6.07, 6.45) is 0.169. The lowest BCUT2D eigenvalue weighted by Gasteiger charge is -2.04. The maximum atomic E-state index is 12.2. The summed E-state index contributed by atoms with van der Waals surface area (Å²) in [6.45, 7) is 2.03. The van der Waals surface area contributed by atoms with Crippen molar-refractivity contribution in [2.45, 2.75) is 20.0 Å². The van der Waals surface area contributed by atoms with Gasteiger partial charge in [0.25, 0.3) is 0 Å². The first-order valence-corrected chi connectivity index (χ1v) is 11.7. The molecule has 3 aromatic heterocycles.